The lowest BCUT2D eigenvalue weighted by Crippen LogP contribution is -2.18. The molecule has 0 aromatic heterocycles. The molecule has 0 amide bonds. The number of rotatable bonds is 4. The molecule has 1 unspecified atom stereocenters. The summed E-state index contributed by atoms with van der Waals surface area (Å²) in [5, 5.41) is 8.62. The monoisotopic (exact) mass is 283 g/mol. The van der Waals surface area contributed by atoms with Gasteiger partial charge in [0.25, 0.3) is 0 Å². The highest BCUT2D eigenvalue weighted by molar-refractivity contribution is 9.12. The molecule has 0 aromatic rings. The Kier molecular flexibility index (Phi) is 6.57. The van der Waals surface area contributed by atoms with E-state index in [1.54, 1.807) is 0 Å². The zero-order valence-corrected chi connectivity index (χ0v) is 8.89. The molecule has 1 atom stereocenters. The molecule has 0 radical (unpaired) electrons. The van der Waals surface area contributed by atoms with Crippen LogP contribution in [0.3, 0.4) is 0 Å². The van der Waals surface area contributed by atoms with Crippen LogP contribution in [0.2, 0.25) is 0 Å². The van der Waals surface area contributed by atoms with E-state index >= 15 is 0 Å². The van der Waals surface area contributed by atoms with Crippen molar-refractivity contribution in [1.82, 2.24) is 0 Å². The zero-order valence-electron chi connectivity index (χ0n) is 5.72. The Balaban J connectivity index is 3.46. The number of carbonyl (C=O) groups excluding carboxylic acids is 1. The van der Waals surface area contributed by atoms with Gasteiger partial charge in [0.05, 0.1) is 12.5 Å². The van der Waals surface area contributed by atoms with Crippen LogP contribution in [0.15, 0.2) is 0 Å². The molecule has 0 saturated carbocycles. The predicted octanol–water partition coefficient (Wildman–Crippen LogP) is 1.60. The second-order valence-electron chi connectivity index (χ2n) is 1.70. The summed E-state index contributed by atoms with van der Waals surface area (Å²) in [6.45, 7) is 0.171. The molecule has 5 heteroatoms. The lowest BCUT2D eigenvalue weighted by atomic mass is 10.5. The molecule has 0 heterocycles. The van der Waals surface area contributed by atoms with Crippen molar-refractivity contribution in [3.05, 3.63) is 0 Å². The number of nitrogens with zero attached hydrogens (tertiary/aromatic N) is 1. The molecule has 3 nitrogen and oxygen atoms in total. The minimum atomic E-state index is -0.336. The van der Waals surface area contributed by atoms with Crippen molar-refractivity contribution in [2.24, 2.45) is 0 Å². The van der Waals surface area contributed by atoms with Crippen molar-refractivity contribution in [1.29, 1.82) is 5.26 Å². The molecule has 0 rings (SSSR count). The van der Waals surface area contributed by atoms with Crippen molar-refractivity contribution in [2.75, 3.05) is 11.9 Å². The fraction of sp³-hybridized carbons (Fsp3) is 0.667. The maximum absolute atomic E-state index is 10.8. The van der Waals surface area contributed by atoms with E-state index in [4.69, 9.17) is 10.00 Å². The first-order valence-corrected chi connectivity index (χ1v) is 4.99. The van der Waals surface area contributed by atoms with Crippen molar-refractivity contribution >= 4 is 37.8 Å². The molecule has 11 heavy (non-hydrogen) atoms. The Labute approximate surface area is 82.0 Å². The lowest BCUT2D eigenvalue weighted by Gasteiger charge is -2.04. The fourth-order valence-corrected chi connectivity index (χ4v) is 0.747. The quantitative estimate of drug-likeness (QED) is 0.448. The maximum atomic E-state index is 10.8. The van der Waals surface area contributed by atoms with Gasteiger partial charge in [-0.3, -0.25) is 4.79 Å². The van der Waals surface area contributed by atoms with Crippen molar-refractivity contribution in [2.45, 2.75) is 11.2 Å². The molecular formula is C6H7Br2NO2. The van der Waals surface area contributed by atoms with Crippen LogP contribution in [0.4, 0.5) is 0 Å². The molecule has 0 aliphatic carbocycles. The molecule has 62 valence electrons. The average molecular weight is 285 g/mol. The Hall–Kier alpha value is -0.0800. The van der Waals surface area contributed by atoms with Crippen LogP contribution < -0.4 is 0 Å². The lowest BCUT2D eigenvalue weighted by molar-refractivity contribution is -0.142. The number of esters is 1. The second-order valence-corrected chi connectivity index (χ2v) is 3.45. The van der Waals surface area contributed by atoms with Crippen molar-refractivity contribution in [3.8, 4) is 6.07 Å². The molecule has 0 saturated heterocycles. The van der Waals surface area contributed by atoms with E-state index in [1.165, 1.54) is 0 Å². The molecule has 0 spiro atoms. The van der Waals surface area contributed by atoms with Gasteiger partial charge in [-0.05, 0) is 0 Å². The summed E-state index contributed by atoms with van der Waals surface area (Å²) < 4.78 is 4.70. The fourth-order valence-electron chi connectivity index (χ4n) is 0.351. The average Bonchev–Trinajstić information content (AvgIpc) is 2.03. The number of ether oxygens (including phenoxy) is 1. The van der Waals surface area contributed by atoms with E-state index in [0.717, 1.165) is 0 Å². The van der Waals surface area contributed by atoms with E-state index in [0.29, 0.717) is 5.33 Å². The Morgan fingerprint density at radius 3 is 2.82 bits per heavy atom. The summed E-state index contributed by atoms with van der Waals surface area (Å²) in [5.41, 5.74) is 0. The van der Waals surface area contributed by atoms with Gasteiger partial charge in [0, 0.05) is 5.33 Å². The Morgan fingerprint density at radius 1 is 1.73 bits per heavy atom. The second kappa shape index (κ2) is 6.62. The van der Waals surface area contributed by atoms with Crippen LogP contribution in [-0.2, 0) is 9.53 Å². The van der Waals surface area contributed by atoms with Crippen LogP contribution >= 0.6 is 31.9 Å². The highest BCUT2D eigenvalue weighted by Crippen LogP contribution is 2.05. The van der Waals surface area contributed by atoms with Gasteiger partial charge in [-0.25, -0.2) is 0 Å². The standard InChI is InChI=1S/C6H7Br2NO2/c7-4-5(8)6(10)11-3-1-2-9/h5H,1,3-4H2. The van der Waals surface area contributed by atoms with Gasteiger partial charge in [-0.1, -0.05) is 31.9 Å². The number of carbonyl (C=O) groups is 1. The van der Waals surface area contributed by atoms with E-state index in [2.05, 4.69) is 31.9 Å². The molecule has 0 N–H and O–H groups in total. The molecule has 0 fully saturated rings. The number of hydrogen-bond donors (Lipinski definition) is 0. The largest absolute Gasteiger partial charge is 0.464 e. The minimum Gasteiger partial charge on any atom is -0.464 e. The summed E-state index contributed by atoms with van der Waals surface area (Å²) in [4.78, 5) is 10.5. The first-order valence-electron chi connectivity index (χ1n) is 2.96. The van der Waals surface area contributed by atoms with E-state index in [-0.39, 0.29) is 23.8 Å². The molecule has 0 aromatic carbocycles. The summed E-state index contributed by atoms with van der Waals surface area (Å²) in [7, 11) is 0. The SMILES string of the molecule is N#CCCOC(=O)C(Br)CBr. The number of halogens is 2. The highest BCUT2D eigenvalue weighted by Gasteiger charge is 2.13. The number of hydrogen-bond acceptors (Lipinski definition) is 3. The normalized spacial score (nSPS) is 11.7. The van der Waals surface area contributed by atoms with Crippen LogP contribution in [-0.4, -0.2) is 22.7 Å². The van der Waals surface area contributed by atoms with Gasteiger partial charge in [0.2, 0.25) is 0 Å². The van der Waals surface area contributed by atoms with E-state index < -0.39 is 0 Å². The van der Waals surface area contributed by atoms with Crippen molar-refractivity contribution < 1.29 is 9.53 Å². The summed E-state index contributed by atoms with van der Waals surface area (Å²) in [6, 6.07) is 1.88. The first kappa shape index (κ1) is 10.9. The number of nitriles is 1. The van der Waals surface area contributed by atoms with Gasteiger partial charge in [0.1, 0.15) is 11.4 Å². The van der Waals surface area contributed by atoms with Crippen LogP contribution in [0.25, 0.3) is 0 Å². The summed E-state index contributed by atoms with van der Waals surface area (Å²) >= 11 is 6.20. The molecular weight excluding hydrogens is 278 g/mol. The van der Waals surface area contributed by atoms with Crippen molar-refractivity contribution in [3.63, 3.8) is 0 Å². The topological polar surface area (TPSA) is 50.1 Å². The molecule has 0 aliphatic rings. The number of alkyl halides is 2. The molecule has 0 aliphatic heterocycles. The van der Waals surface area contributed by atoms with E-state index in [1.807, 2.05) is 6.07 Å². The van der Waals surface area contributed by atoms with E-state index in [9.17, 15) is 4.79 Å². The molecule has 0 bridgehead atoms. The summed E-state index contributed by atoms with van der Waals surface area (Å²) in [5.74, 6) is -0.336. The Bertz CT molecular complexity index is 166. The van der Waals surface area contributed by atoms with Gasteiger partial charge in [0.15, 0.2) is 0 Å². The summed E-state index contributed by atoms with van der Waals surface area (Å²) in [6.07, 6.45) is 0.244. The Morgan fingerprint density at radius 2 is 2.36 bits per heavy atom. The predicted molar refractivity (Wildman–Crippen MR) is 47.7 cm³/mol. The van der Waals surface area contributed by atoms with Gasteiger partial charge < -0.3 is 4.74 Å². The third-order valence-electron chi connectivity index (χ3n) is 0.849. The van der Waals surface area contributed by atoms with Gasteiger partial charge >= 0.3 is 5.97 Å². The first-order chi connectivity index (χ1) is 5.22. The van der Waals surface area contributed by atoms with Crippen LogP contribution in [0.5, 0.6) is 0 Å². The zero-order chi connectivity index (χ0) is 8.69. The third-order valence-corrected chi connectivity index (χ3v) is 3.06. The smallest absolute Gasteiger partial charge is 0.320 e. The van der Waals surface area contributed by atoms with Crippen LogP contribution in [0, 0.1) is 11.3 Å². The minimum absolute atomic E-state index is 0.171. The maximum Gasteiger partial charge on any atom is 0.320 e. The van der Waals surface area contributed by atoms with Crippen LogP contribution in [0.1, 0.15) is 6.42 Å². The third kappa shape index (κ3) is 5.22. The highest BCUT2D eigenvalue weighted by atomic mass is 79.9. The van der Waals surface area contributed by atoms with Gasteiger partial charge in [-0.15, -0.1) is 0 Å². The van der Waals surface area contributed by atoms with Gasteiger partial charge in [-0.2, -0.15) is 5.26 Å².